The van der Waals surface area contributed by atoms with Crippen LogP contribution >= 0.6 is 11.5 Å². The normalized spacial score (nSPS) is 28.1. The van der Waals surface area contributed by atoms with E-state index in [4.69, 9.17) is 0 Å². The summed E-state index contributed by atoms with van der Waals surface area (Å²) in [5.74, 6) is 0.772. The molecule has 2 unspecified atom stereocenters. The van der Waals surface area contributed by atoms with E-state index in [9.17, 15) is 0 Å². The molecule has 4 heteroatoms. The third-order valence-corrected chi connectivity index (χ3v) is 3.46. The van der Waals surface area contributed by atoms with Crippen LogP contribution in [0.2, 0.25) is 0 Å². The monoisotopic (exact) mass is 197 g/mol. The average Bonchev–Trinajstić information content (AvgIpc) is 2.76. The molecular formula is C9H15N3S. The molecule has 0 saturated heterocycles. The van der Waals surface area contributed by atoms with Crippen LogP contribution in [-0.4, -0.2) is 22.7 Å². The Morgan fingerprint density at radius 3 is 3.23 bits per heavy atom. The molecule has 0 aliphatic heterocycles. The van der Waals surface area contributed by atoms with Gasteiger partial charge in [-0.05, 0) is 43.8 Å². The van der Waals surface area contributed by atoms with Crippen molar-refractivity contribution in [3.63, 3.8) is 0 Å². The quantitative estimate of drug-likeness (QED) is 0.797. The van der Waals surface area contributed by atoms with Gasteiger partial charge in [0.1, 0.15) is 0 Å². The first-order valence-corrected chi connectivity index (χ1v) is 5.67. The van der Waals surface area contributed by atoms with Gasteiger partial charge in [0.25, 0.3) is 0 Å². The molecule has 1 saturated carbocycles. The van der Waals surface area contributed by atoms with Crippen LogP contribution in [0.5, 0.6) is 0 Å². The first kappa shape index (κ1) is 9.09. The van der Waals surface area contributed by atoms with Gasteiger partial charge in [0.2, 0.25) is 0 Å². The summed E-state index contributed by atoms with van der Waals surface area (Å²) >= 11 is 1.45. The zero-order valence-electron chi connectivity index (χ0n) is 7.86. The SMILES string of the molecule is CNC1CCCC1Cc1csnn1. The van der Waals surface area contributed by atoms with E-state index in [0.29, 0.717) is 6.04 Å². The summed E-state index contributed by atoms with van der Waals surface area (Å²) < 4.78 is 3.89. The van der Waals surface area contributed by atoms with Crippen LogP contribution in [0.4, 0.5) is 0 Å². The lowest BCUT2D eigenvalue weighted by Gasteiger charge is -2.17. The van der Waals surface area contributed by atoms with Crippen molar-refractivity contribution in [2.75, 3.05) is 7.05 Å². The lowest BCUT2D eigenvalue weighted by molar-refractivity contribution is 0.420. The van der Waals surface area contributed by atoms with Gasteiger partial charge in [-0.2, -0.15) is 0 Å². The molecule has 2 rings (SSSR count). The second-order valence-corrected chi connectivity index (χ2v) is 4.30. The molecule has 0 spiro atoms. The van der Waals surface area contributed by atoms with Crippen LogP contribution < -0.4 is 5.32 Å². The maximum Gasteiger partial charge on any atom is 0.0758 e. The summed E-state index contributed by atoms with van der Waals surface area (Å²) in [5.41, 5.74) is 1.16. The van der Waals surface area contributed by atoms with E-state index < -0.39 is 0 Å². The minimum atomic E-state index is 0.696. The van der Waals surface area contributed by atoms with Gasteiger partial charge in [-0.25, -0.2) is 0 Å². The van der Waals surface area contributed by atoms with Crippen molar-refractivity contribution in [2.45, 2.75) is 31.7 Å². The molecule has 13 heavy (non-hydrogen) atoms. The van der Waals surface area contributed by atoms with Crippen LogP contribution in [0.1, 0.15) is 25.0 Å². The zero-order chi connectivity index (χ0) is 9.10. The minimum absolute atomic E-state index is 0.696. The Bertz CT molecular complexity index is 247. The van der Waals surface area contributed by atoms with E-state index in [2.05, 4.69) is 27.3 Å². The highest BCUT2D eigenvalue weighted by Crippen LogP contribution is 2.28. The van der Waals surface area contributed by atoms with Gasteiger partial charge in [0.05, 0.1) is 5.69 Å². The number of aromatic nitrogens is 2. The largest absolute Gasteiger partial charge is 0.317 e. The van der Waals surface area contributed by atoms with Gasteiger partial charge >= 0.3 is 0 Å². The van der Waals surface area contributed by atoms with Crippen LogP contribution in [0.3, 0.4) is 0 Å². The van der Waals surface area contributed by atoms with Gasteiger partial charge in [0.15, 0.2) is 0 Å². The van der Waals surface area contributed by atoms with Crippen molar-refractivity contribution >= 4 is 11.5 Å². The van der Waals surface area contributed by atoms with Crippen molar-refractivity contribution in [1.82, 2.24) is 14.9 Å². The Kier molecular flexibility index (Phi) is 2.90. The van der Waals surface area contributed by atoms with Crippen LogP contribution in [0.25, 0.3) is 0 Å². The molecule has 3 nitrogen and oxygen atoms in total. The number of nitrogens with one attached hydrogen (secondary N) is 1. The topological polar surface area (TPSA) is 37.8 Å². The predicted octanol–water partition coefficient (Wildman–Crippen LogP) is 1.47. The molecular weight excluding hydrogens is 182 g/mol. The minimum Gasteiger partial charge on any atom is -0.317 e. The Labute approximate surface area is 82.7 Å². The summed E-state index contributed by atoms with van der Waals surface area (Å²) in [7, 11) is 2.06. The van der Waals surface area contributed by atoms with Crippen LogP contribution in [-0.2, 0) is 6.42 Å². The molecule has 1 N–H and O–H groups in total. The molecule has 0 amide bonds. The second kappa shape index (κ2) is 4.15. The molecule has 1 fully saturated rings. The summed E-state index contributed by atoms with van der Waals surface area (Å²) in [6, 6.07) is 0.696. The standard InChI is InChI=1S/C9H15N3S/c1-10-9-4-2-3-7(9)5-8-6-13-12-11-8/h6-7,9-10H,2-5H2,1H3. The van der Waals surface area contributed by atoms with Gasteiger partial charge in [-0.15, -0.1) is 5.10 Å². The average molecular weight is 197 g/mol. The third-order valence-electron chi connectivity index (χ3n) is 2.91. The summed E-state index contributed by atoms with van der Waals surface area (Å²) in [4.78, 5) is 0. The van der Waals surface area contributed by atoms with Crippen molar-refractivity contribution in [3.8, 4) is 0 Å². The molecule has 0 bridgehead atoms. The molecule has 72 valence electrons. The van der Waals surface area contributed by atoms with E-state index in [-0.39, 0.29) is 0 Å². The number of rotatable bonds is 3. The third kappa shape index (κ3) is 2.06. The lowest BCUT2D eigenvalue weighted by atomic mass is 9.98. The number of nitrogens with zero attached hydrogens (tertiary/aromatic N) is 2. The zero-order valence-corrected chi connectivity index (χ0v) is 8.68. The van der Waals surface area contributed by atoms with Gasteiger partial charge in [0, 0.05) is 11.4 Å². The highest BCUT2D eigenvalue weighted by Gasteiger charge is 2.26. The van der Waals surface area contributed by atoms with Crippen molar-refractivity contribution in [1.29, 1.82) is 0 Å². The Balaban J connectivity index is 1.94. The van der Waals surface area contributed by atoms with Crippen molar-refractivity contribution in [2.24, 2.45) is 5.92 Å². The highest BCUT2D eigenvalue weighted by atomic mass is 32.1. The maximum absolute atomic E-state index is 4.09. The lowest BCUT2D eigenvalue weighted by Crippen LogP contribution is -2.30. The molecule has 1 aliphatic rings. The van der Waals surface area contributed by atoms with E-state index in [1.165, 1.54) is 30.8 Å². The van der Waals surface area contributed by atoms with Crippen LogP contribution in [0.15, 0.2) is 5.38 Å². The molecule has 1 aliphatic carbocycles. The summed E-state index contributed by atoms with van der Waals surface area (Å²) in [5, 5.41) is 9.53. The molecule has 1 heterocycles. The predicted molar refractivity (Wildman–Crippen MR) is 53.8 cm³/mol. The summed E-state index contributed by atoms with van der Waals surface area (Å²) in [6.07, 6.45) is 5.11. The van der Waals surface area contributed by atoms with Gasteiger partial charge in [-0.1, -0.05) is 10.9 Å². The fraction of sp³-hybridized carbons (Fsp3) is 0.778. The van der Waals surface area contributed by atoms with Gasteiger partial charge < -0.3 is 5.32 Å². The summed E-state index contributed by atoms with van der Waals surface area (Å²) in [6.45, 7) is 0. The van der Waals surface area contributed by atoms with E-state index in [1.807, 2.05) is 0 Å². The van der Waals surface area contributed by atoms with E-state index >= 15 is 0 Å². The smallest absolute Gasteiger partial charge is 0.0758 e. The Hall–Kier alpha value is -0.480. The molecule has 0 radical (unpaired) electrons. The second-order valence-electron chi connectivity index (χ2n) is 3.69. The van der Waals surface area contributed by atoms with E-state index in [0.717, 1.165) is 18.0 Å². The molecule has 1 aromatic rings. The van der Waals surface area contributed by atoms with Gasteiger partial charge in [-0.3, -0.25) is 0 Å². The van der Waals surface area contributed by atoms with Crippen molar-refractivity contribution < 1.29 is 0 Å². The number of hydrogen-bond donors (Lipinski definition) is 1. The molecule has 0 aromatic carbocycles. The Morgan fingerprint density at radius 2 is 2.54 bits per heavy atom. The highest BCUT2D eigenvalue weighted by molar-refractivity contribution is 7.03. The van der Waals surface area contributed by atoms with Crippen molar-refractivity contribution in [3.05, 3.63) is 11.1 Å². The molecule has 1 aromatic heterocycles. The fourth-order valence-corrected chi connectivity index (χ4v) is 2.67. The first-order valence-electron chi connectivity index (χ1n) is 4.83. The van der Waals surface area contributed by atoms with Crippen LogP contribution in [0, 0.1) is 5.92 Å². The van der Waals surface area contributed by atoms with E-state index in [1.54, 1.807) is 0 Å². The maximum atomic E-state index is 4.09. The number of hydrogen-bond acceptors (Lipinski definition) is 4. The molecule has 2 atom stereocenters. The Morgan fingerprint density at radius 1 is 1.62 bits per heavy atom. The first-order chi connectivity index (χ1) is 6.40. The fourth-order valence-electron chi connectivity index (χ4n) is 2.20.